The number of ether oxygens (including phenoxy) is 2. The number of morpholine rings is 1. The van der Waals surface area contributed by atoms with Gasteiger partial charge < -0.3 is 25.0 Å². The van der Waals surface area contributed by atoms with Gasteiger partial charge in [-0.1, -0.05) is 0 Å². The number of hydrogen-bond donors (Lipinski definition) is 2. The first-order valence-electron chi connectivity index (χ1n) is 8.43. The third kappa shape index (κ3) is 3.84. The molecule has 2 fully saturated rings. The van der Waals surface area contributed by atoms with E-state index in [0.29, 0.717) is 12.6 Å². The standard InChI is InChI=1S/C17H27N3O2/c1-2-22-15-5-6-16(19-14-4-3-7-18-13-14)17(12-15)20-8-10-21-11-9-20/h5-6,12,14,18-19H,2-4,7-11,13H2,1H3/t14-/m1/s1. The fourth-order valence-corrected chi connectivity index (χ4v) is 3.15. The third-order valence-corrected chi connectivity index (χ3v) is 4.29. The first-order chi connectivity index (χ1) is 10.9. The van der Waals surface area contributed by atoms with E-state index in [1.807, 2.05) is 6.92 Å². The lowest BCUT2D eigenvalue weighted by Gasteiger charge is -2.33. The fraction of sp³-hybridized carbons (Fsp3) is 0.647. The van der Waals surface area contributed by atoms with Gasteiger partial charge in [0.15, 0.2) is 0 Å². The van der Waals surface area contributed by atoms with Crippen LogP contribution in [0.2, 0.25) is 0 Å². The summed E-state index contributed by atoms with van der Waals surface area (Å²) in [6.07, 6.45) is 2.46. The quantitative estimate of drug-likeness (QED) is 0.872. The minimum Gasteiger partial charge on any atom is -0.494 e. The highest BCUT2D eigenvalue weighted by molar-refractivity contribution is 5.72. The number of benzene rings is 1. The molecule has 0 aromatic heterocycles. The monoisotopic (exact) mass is 305 g/mol. The Hall–Kier alpha value is -1.46. The van der Waals surface area contributed by atoms with Crippen molar-refractivity contribution in [1.82, 2.24) is 5.32 Å². The summed E-state index contributed by atoms with van der Waals surface area (Å²) in [4.78, 5) is 2.39. The van der Waals surface area contributed by atoms with Crippen LogP contribution in [0.5, 0.6) is 5.75 Å². The Morgan fingerprint density at radius 1 is 1.36 bits per heavy atom. The fourth-order valence-electron chi connectivity index (χ4n) is 3.15. The molecule has 1 aromatic carbocycles. The summed E-state index contributed by atoms with van der Waals surface area (Å²) in [6.45, 7) is 8.36. The van der Waals surface area contributed by atoms with Crippen LogP contribution in [0.15, 0.2) is 18.2 Å². The van der Waals surface area contributed by atoms with Crippen LogP contribution in [0.3, 0.4) is 0 Å². The van der Waals surface area contributed by atoms with E-state index in [4.69, 9.17) is 9.47 Å². The molecule has 0 spiro atoms. The van der Waals surface area contributed by atoms with Crippen molar-refractivity contribution in [2.45, 2.75) is 25.8 Å². The molecule has 122 valence electrons. The molecule has 2 aliphatic heterocycles. The predicted octanol–water partition coefficient (Wildman–Crippen LogP) is 2.09. The Bertz CT molecular complexity index is 469. The Labute approximate surface area is 133 Å². The maximum Gasteiger partial charge on any atom is 0.121 e. The van der Waals surface area contributed by atoms with Crippen LogP contribution in [0, 0.1) is 0 Å². The van der Waals surface area contributed by atoms with E-state index in [1.54, 1.807) is 0 Å². The highest BCUT2D eigenvalue weighted by Gasteiger charge is 2.19. The molecule has 0 unspecified atom stereocenters. The number of rotatable bonds is 5. The van der Waals surface area contributed by atoms with Gasteiger partial charge in [-0.2, -0.15) is 0 Å². The van der Waals surface area contributed by atoms with Crippen molar-refractivity contribution < 1.29 is 9.47 Å². The first-order valence-corrected chi connectivity index (χ1v) is 8.43. The SMILES string of the molecule is CCOc1ccc(N[C@@H]2CCCNC2)c(N2CCOCC2)c1. The summed E-state index contributed by atoms with van der Waals surface area (Å²) in [7, 11) is 0. The minimum atomic E-state index is 0.506. The summed E-state index contributed by atoms with van der Waals surface area (Å²) in [5.74, 6) is 0.941. The van der Waals surface area contributed by atoms with Gasteiger partial charge in [0.25, 0.3) is 0 Å². The largest absolute Gasteiger partial charge is 0.494 e. The molecule has 5 heteroatoms. The molecule has 3 rings (SSSR count). The molecular formula is C17H27N3O2. The zero-order chi connectivity index (χ0) is 15.2. The topological polar surface area (TPSA) is 45.8 Å². The number of piperidine rings is 1. The predicted molar refractivity (Wildman–Crippen MR) is 90.2 cm³/mol. The summed E-state index contributed by atoms with van der Waals surface area (Å²) in [5.41, 5.74) is 2.44. The van der Waals surface area contributed by atoms with Gasteiger partial charge >= 0.3 is 0 Å². The van der Waals surface area contributed by atoms with Crippen LogP contribution in [0.4, 0.5) is 11.4 Å². The molecule has 0 aliphatic carbocycles. The second-order valence-corrected chi connectivity index (χ2v) is 5.90. The van der Waals surface area contributed by atoms with E-state index in [-0.39, 0.29) is 0 Å². The number of hydrogen-bond acceptors (Lipinski definition) is 5. The zero-order valence-corrected chi connectivity index (χ0v) is 13.4. The van der Waals surface area contributed by atoms with E-state index in [0.717, 1.165) is 45.1 Å². The highest BCUT2D eigenvalue weighted by Crippen LogP contribution is 2.32. The van der Waals surface area contributed by atoms with E-state index in [1.165, 1.54) is 24.2 Å². The van der Waals surface area contributed by atoms with Gasteiger partial charge in [0.2, 0.25) is 0 Å². The zero-order valence-electron chi connectivity index (χ0n) is 13.4. The van der Waals surface area contributed by atoms with E-state index in [2.05, 4.69) is 33.7 Å². The van der Waals surface area contributed by atoms with Gasteiger partial charge in [0.1, 0.15) is 5.75 Å². The molecule has 0 bridgehead atoms. The minimum absolute atomic E-state index is 0.506. The molecule has 2 aliphatic rings. The molecule has 22 heavy (non-hydrogen) atoms. The van der Waals surface area contributed by atoms with Gasteiger partial charge in [-0.15, -0.1) is 0 Å². The smallest absolute Gasteiger partial charge is 0.121 e. The summed E-state index contributed by atoms with van der Waals surface area (Å²) in [5, 5.41) is 7.18. The molecule has 1 aromatic rings. The maximum atomic E-state index is 5.68. The second-order valence-electron chi connectivity index (χ2n) is 5.90. The molecule has 2 saturated heterocycles. The molecule has 0 amide bonds. The Morgan fingerprint density at radius 2 is 2.23 bits per heavy atom. The Kier molecular flexibility index (Phi) is 5.40. The second kappa shape index (κ2) is 7.70. The van der Waals surface area contributed by atoms with Crippen LogP contribution < -0.4 is 20.3 Å². The lowest BCUT2D eigenvalue weighted by atomic mass is 10.1. The lowest BCUT2D eigenvalue weighted by Crippen LogP contribution is -2.40. The van der Waals surface area contributed by atoms with Crippen molar-refractivity contribution in [3.05, 3.63) is 18.2 Å². The number of nitrogens with zero attached hydrogens (tertiary/aromatic N) is 1. The van der Waals surface area contributed by atoms with Crippen molar-refractivity contribution in [3.8, 4) is 5.75 Å². The number of nitrogens with one attached hydrogen (secondary N) is 2. The van der Waals surface area contributed by atoms with E-state index < -0.39 is 0 Å². The third-order valence-electron chi connectivity index (χ3n) is 4.29. The van der Waals surface area contributed by atoms with Gasteiger partial charge in [-0.05, 0) is 38.4 Å². The molecule has 0 radical (unpaired) electrons. The van der Waals surface area contributed by atoms with Crippen molar-refractivity contribution >= 4 is 11.4 Å². The average molecular weight is 305 g/mol. The van der Waals surface area contributed by atoms with E-state index >= 15 is 0 Å². The van der Waals surface area contributed by atoms with Gasteiger partial charge in [0.05, 0.1) is 31.2 Å². The molecule has 1 atom stereocenters. The van der Waals surface area contributed by atoms with Crippen LogP contribution in [-0.2, 0) is 4.74 Å². The van der Waals surface area contributed by atoms with Gasteiger partial charge in [-0.3, -0.25) is 0 Å². The Balaban J connectivity index is 1.79. The van der Waals surface area contributed by atoms with Crippen LogP contribution in [0.25, 0.3) is 0 Å². The summed E-state index contributed by atoms with van der Waals surface area (Å²) in [6, 6.07) is 6.88. The van der Waals surface area contributed by atoms with Crippen molar-refractivity contribution in [1.29, 1.82) is 0 Å². The lowest BCUT2D eigenvalue weighted by molar-refractivity contribution is 0.122. The van der Waals surface area contributed by atoms with Crippen LogP contribution in [-0.4, -0.2) is 52.0 Å². The van der Waals surface area contributed by atoms with E-state index in [9.17, 15) is 0 Å². The summed E-state index contributed by atoms with van der Waals surface area (Å²) < 4.78 is 11.2. The van der Waals surface area contributed by atoms with Gasteiger partial charge in [-0.25, -0.2) is 0 Å². The molecule has 2 heterocycles. The van der Waals surface area contributed by atoms with Crippen molar-refractivity contribution in [2.24, 2.45) is 0 Å². The number of anilines is 2. The van der Waals surface area contributed by atoms with Crippen LogP contribution in [0.1, 0.15) is 19.8 Å². The molecule has 2 N–H and O–H groups in total. The first kappa shape index (κ1) is 15.4. The van der Waals surface area contributed by atoms with Crippen LogP contribution >= 0.6 is 0 Å². The van der Waals surface area contributed by atoms with Crippen molar-refractivity contribution in [2.75, 3.05) is 56.2 Å². The van der Waals surface area contributed by atoms with Gasteiger partial charge in [0, 0.05) is 31.7 Å². The molecule has 0 saturated carbocycles. The Morgan fingerprint density at radius 3 is 2.95 bits per heavy atom. The summed E-state index contributed by atoms with van der Waals surface area (Å²) >= 11 is 0. The molecular weight excluding hydrogens is 278 g/mol. The van der Waals surface area contributed by atoms with Crippen molar-refractivity contribution in [3.63, 3.8) is 0 Å². The maximum absolute atomic E-state index is 5.68. The highest BCUT2D eigenvalue weighted by atomic mass is 16.5. The molecule has 5 nitrogen and oxygen atoms in total. The average Bonchev–Trinajstić information content (AvgIpc) is 2.58. The normalized spacial score (nSPS) is 22.4.